The summed E-state index contributed by atoms with van der Waals surface area (Å²) in [5.74, 6) is -1.57. The second kappa shape index (κ2) is 8.34. The summed E-state index contributed by atoms with van der Waals surface area (Å²) in [6.45, 7) is 4.41. The number of carbonyl (C=O) groups is 3. The Kier molecular flexibility index (Phi) is 6.10. The minimum atomic E-state index is -0.588. The minimum absolute atomic E-state index is 0.0371. The van der Waals surface area contributed by atoms with Gasteiger partial charge in [-0.05, 0) is 46.0 Å². The number of aliphatic hydroxyl groups is 1. The molecule has 30 heavy (non-hydrogen) atoms. The van der Waals surface area contributed by atoms with Crippen molar-refractivity contribution in [2.45, 2.75) is 86.8 Å². The van der Waals surface area contributed by atoms with Crippen molar-refractivity contribution in [2.24, 2.45) is 11.8 Å². The minimum Gasteiger partial charge on any atom is -0.466 e. The quantitative estimate of drug-likeness (QED) is 0.589. The summed E-state index contributed by atoms with van der Waals surface area (Å²) in [4.78, 5) is 41.7. The molecule has 1 spiro atoms. The molecule has 7 nitrogen and oxygen atoms in total. The molecular weight excluding hydrogens is 404 g/mol. The van der Waals surface area contributed by atoms with E-state index in [0.717, 1.165) is 38.5 Å². The Morgan fingerprint density at radius 2 is 2.00 bits per heavy atom. The average molecular weight is 439 g/mol. The normalized spacial score (nSPS) is 38.0. The molecule has 3 heterocycles. The van der Waals surface area contributed by atoms with Gasteiger partial charge >= 0.3 is 5.97 Å². The number of rotatable bonds is 7. The number of likely N-dealkylation sites (tertiary alicyclic amines) is 1. The van der Waals surface area contributed by atoms with Crippen molar-refractivity contribution in [3.8, 4) is 0 Å². The van der Waals surface area contributed by atoms with E-state index in [1.54, 1.807) is 23.6 Å². The van der Waals surface area contributed by atoms with Gasteiger partial charge in [0.1, 0.15) is 6.04 Å². The number of nitrogens with zero attached hydrogens (tertiary/aromatic N) is 1. The third-order valence-corrected chi connectivity index (χ3v) is 9.56. The number of hydrogen-bond acceptors (Lipinski definition) is 6. The molecule has 2 N–H and O–H groups in total. The number of carbonyl (C=O) groups excluding carboxylic acids is 3. The summed E-state index contributed by atoms with van der Waals surface area (Å²) in [5.41, 5.74) is 0. The second-order valence-corrected chi connectivity index (χ2v) is 11.3. The monoisotopic (exact) mass is 438 g/mol. The first-order valence-electron chi connectivity index (χ1n) is 11.5. The molecule has 5 atom stereocenters. The van der Waals surface area contributed by atoms with E-state index in [4.69, 9.17) is 4.74 Å². The lowest BCUT2D eigenvalue weighted by molar-refractivity contribution is -0.155. The van der Waals surface area contributed by atoms with E-state index in [0.29, 0.717) is 13.0 Å². The molecule has 2 unspecified atom stereocenters. The van der Waals surface area contributed by atoms with Crippen molar-refractivity contribution in [3.63, 3.8) is 0 Å². The highest BCUT2D eigenvalue weighted by Crippen LogP contribution is 2.71. The summed E-state index contributed by atoms with van der Waals surface area (Å²) in [5, 5.41) is 12.6. The molecule has 4 aliphatic rings. The van der Waals surface area contributed by atoms with E-state index in [-0.39, 0.29) is 41.8 Å². The van der Waals surface area contributed by atoms with Crippen molar-refractivity contribution < 1.29 is 24.2 Å². The van der Waals surface area contributed by atoms with Gasteiger partial charge in [0, 0.05) is 23.9 Å². The number of thioether (sulfide) groups is 1. The molecule has 3 saturated heterocycles. The highest BCUT2D eigenvalue weighted by atomic mass is 32.2. The van der Waals surface area contributed by atoms with Gasteiger partial charge in [0.25, 0.3) is 0 Å². The Morgan fingerprint density at radius 3 is 2.67 bits per heavy atom. The van der Waals surface area contributed by atoms with E-state index in [1.807, 2.05) is 6.92 Å². The van der Waals surface area contributed by atoms with Gasteiger partial charge in [0.15, 0.2) is 0 Å². The van der Waals surface area contributed by atoms with E-state index >= 15 is 0 Å². The van der Waals surface area contributed by atoms with E-state index in [1.165, 1.54) is 6.42 Å². The first-order chi connectivity index (χ1) is 14.4. The van der Waals surface area contributed by atoms with Crippen LogP contribution in [0.4, 0.5) is 0 Å². The van der Waals surface area contributed by atoms with Gasteiger partial charge < -0.3 is 20.1 Å². The fourth-order valence-corrected chi connectivity index (χ4v) is 8.67. The first kappa shape index (κ1) is 21.9. The van der Waals surface area contributed by atoms with E-state index in [9.17, 15) is 19.5 Å². The van der Waals surface area contributed by atoms with Crippen LogP contribution in [0.15, 0.2) is 0 Å². The Bertz CT molecular complexity index is 712. The van der Waals surface area contributed by atoms with Crippen molar-refractivity contribution in [2.75, 3.05) is 19.8 Å². The highest BCUT2D eigenvalue weighted by molar-refractivity contribution is 8.02. The van der Waals surface area contributed by atoms with Gasteiger partial charge in [-0.25, -0.2) is 0 Å². The standard InChI is InChI=1S/C22H34N2O5S/c1-3-29-20(28)16-15-19(27)24(12-7-13-25)17(22(15)11-10-21(16,2)30-22)18(26)23-14-8-5-4-6-9-14/h14-17,25H,3-13H2,1-2H3,(H,23,26)/t15-,16-,17?,21+,22?/m0/s1. The SMILES string of the molecule is CCOC(=O)[C@@H]1[C@H]2C(=O)N(CCCO)C(C(=O)NC3CCCCC3)C23CC[C@@]1(C)S3. The third kappa shape index (κ3) is 3.34. The maximum atomic E-state index is 13.6. The molecule has 168 valence electrons. The number of nitrogens with one attached hydrogen (secondary N) is 1. The van der Waals surface area contributed by atoms with Crippen LogP contribution in [0, 0.1) is 11.8 Å². The number of ether oxygens (including phenoxy) is 1. The van der Waals surface area contributed by atoms with E-state index < -0.39 is 22.6 Å². The molecule has 4 rings (SSSR count). The van der Waals surface area contributed by atoms with Gasteiger partial charge in [-0.15, -0.1) is 11.8 Å². The zero-order valence-electron chi connectivity index (χ0n) is 18.0. The number of fused-ring (bicyclic) bond motifs is 1. The van der Waals surface area contributed by atoms with Crippen LogP contribution in [-0.4, -0.2) is 69.1 Å². The van der Waals surface area contributed by atoms with Crippen LogP contribution >= 0.6 is 11.8 Å². The predicted molar refractivity (Wildman–Crippen MR) is 114 cm³/mol. The molecule has 0 aromatic heterocycles. The molecule has 2 amide bonds. The molecule has 0 aromatic rings. The second-order valence-electron chi connectivity index (χ2n) is 9.43. The molecule has 0 aromatic carbocycles. The third-order valence-electron chi connectivity index (χ3n) is 7.57. The van der Waals surface area contributed by atoms with Gasteiger partial charge in [0.05, 0.1) is 23.2 Å². The summed E-state index contributed by atoms with van der Waals surface area (Å²) in [6.07, 6.45) is 7.38. The summed E-state index contributed by atoms with van der Waals surface area (Å²) in [7, 11) is 0. The maximum absolute atomic E-state index is 13.6. The number of hydrogen-bond donors (Lipinski definition) is 2. The van der Waals surface area contributed by atoms with Gasteiger partial charge in [-0.2, -0.15) is 0 Å². The molecule has 2 bridgehead atoms. The maximum Gasteiger partial charge on any atom is 0.311 e. The molecule has 0 radical (unpaired) electrons. The summed E-state index contributed by atoms with van der Waals surface area (Å²) >= 11 is 1.67. The van der Waals surface area contributed by atoms with Crippen LogP contribution in [0.25, 0.3) is 0 Å². The average Bonchev–Trinajstić information content (AvgIpc) is 3.28. The van der Waals surface area contributed by atoms with Crippen molar-refractivity contribution in [3.05, 3.63) is 0 Å². The van der Waals surface area contributed by atoms with E-state index in [2.05, 4.69) is 5.32 Å². The van der Waals surface area contributed by atoms with Crippen LogP contribution in [0.1, 0.15) is 65.2 Å². The van der Waals surface area contributed by atoms with Crippen LogP contribution in [0.5, 0.6) is 0 Å². The zero-order chi connectivity index (χ0) is 21.5. The van der Waals surface area contributed by atoms with Gasteiger partial charge in [0.2, 0.25) is 11.8 Å². The fraction of sp³-hybridized carbons (Fsp3) is 0.864. The van der Waals surface area contributed by atoms with Crippen LogP contribution < -0.4 is 5.32 Å². The van der Waals surface area contributed by atoms with Crippen LogP contribution in [0.3, 0.4) is 0 Å². The van der Waals surface area contributed by atoms with Crippen LogP contribution in [-0.2, 0) is 19.1 Å². The zero-order valence-corrected chi connectivity index (χ0v) is 18.8. The topological polar surface area (TPSA) is 95.9 Å². The lowest BCUT2D eigenvalue weighted by Crippen LogP contribution is -2.55. The van der Waals surface area contributed by atoms with Gasteiger partial charge in [-0.3, -0.25) is 14.4 Å². The summed E-state index contributed by atoms with van der Waals surface area (Å²) in [6, 6.07) is -0.425. The molecular formula is C22H34N2O5S. The molecule has 1 saturated carbocycles. The molecule has 4 fully saturated rings. The van der Waals surface area contributed by atoms with Crippen molar-refractivity contribution >= 4 is 29.5 Å². The Labute approximate surface area is 182 Å². The molecule has 8 heteroatoms. The highest BCUT2D eigenvalue weighted by Gasteiger charge is 2.77. The lowest BCUT2D eigenvalue weighted by Gasteiger charge is -2.35. The Morgan fingerprint density at radius 1 is 1.27 bits per heavy atom. The first-order valence-corrected chi connectivity index (χ1v) is 12.3. The van der Waals surface area contributed by atoms with Gasteiger partial charge in [-0.1, -0.05) is 19.3 Å². The molecule has 3 aliphatic heterocycles. The Hall–Kier alpha value is -1.28. The fourth-order valence-electron chi connectivity index (χ4n) is 6.32. The lowest BCUT2D eigenvalue weighted by atomic mass is 9.66. The smallest absolute Gasteiger partial charge is 0.311 e. The van der Waals surface area contributed by atoms with Crippen molar-refractivity contribution in [1.29, 1.82) is 0 Å². The summed E-state index contributed by atoms with van der Waals surface area (Å²) < 4.78 is 4.41. The number of esters is 1. The Balaban J connectivity index is 1.66. The number of amides is 2. The largest absolute Gasteiger partial charge is 0.466 e. The molecule has 1 aliphatic carbocycles. The number of aliphatic hydroxyl groups excluding tert-OH is 1. The van der Waals surface area contributed by atoms with Crippen molar-refractivity contribution in [1.82, 2.24) is 10.2 Å². The predicted octanol–water partition coefficient (Wildman–Crippen LogP) is 1.86. The van der Waals surface area contributed by atoms with Crippen LogP contribution in [0.2, 0.25) is 0 Å².